The maximum absolute atomic E-state index is 12.5. The number of anilines is 1. The monoisotopic (exact) mass is 461 g/mol. The normalized spacial score (nSPS) is 33.9. The molecule has 2 saturated carbocycles. The third-order valence-corrected chi connectivity index (χ3v) is 7.39. The Morgan fingerprint density at radius 3 is 2.85 bits per heavy atom. The molecule has 2 aliphatic carbocycles. The van der Waals surface area contributed by atoms with E-state index in [-0.39, 0.29) is 33.8 Å². The highest BCUT2D eigenvalue weighted by molar-refractivity contribution is 9.09. The van der Waals surface area contributed by atoms with Crippen LogP contribution < -0.4 is 5.32 Å². The van der Waals surface area contributed by atoms with Crippen LogP contribution in [0.5, 0.6) is 0 Å². The maximum atomic E-state index is 12.5. The third kappa shape index (κ3) is 2.80. The van der Waals surface area contributed by atoms with Crippen LogP contribution in [-0.2, 0) is 23.9 Å². The molecule has 0 spiro atoms. The maximum Gasteiger partial charge on any atom is 0.310 e. The Hall–Kier alpha value is -1.31. The Balaban J connectivity index is 1.38. The van der Waals surface area contributed by atoms with Crippen molar-refractivity contribution in [2.75, 3.05) is 11.9 Å². The Kier molecular flexibility index (Phi) is 4.65. The number of rotatable bonds is 4. The molecule has 3 aliphatic rings. The Morgan fingerprint density at radius 2 is 2.08 bits per heavy atom. The van der Waals surface area contributed by atoms with Gasteiger partial charge in [0.2, 0.25) is 0 Å². The fourth-order valence-electron chi connectivity index (χ4n) is 4.31. The number of benzene rings is 1. The summed E-state index contributed by atoms with van der Waals surface area (Å²) >= 11 is 15.4. The summed E-state index contributed by atoms with van der Waals surface area (Å²) in [6.45, 7) is -0.465. The number of hydrogen-bond acceptors (Lipinski definition) is 5. The molecular formula is C17H14BrCl2NO5. The van der Waals surface area contributed by atoms with E-state index in [9.17, 15) is 14.4 Å². The summed E-state index contributed by atoms with van der Waals surface area (Å²) in [5, 5.41) is 3.07. The zero-order chi connectivity index (χ0) is 18.6. The number of fused-ring (bicyclic) bond motifs is 1. The van der Waals surface area contributed by atoms with Crippen LogP contribution >= 0.6 is 39.1 Å². The number of hydrogen-bond donors (Lipinski definition) is 1. The van der Waals surface area contributed by atoms with Crippen LogP contribution in [0.15, 0.2) is 18.2 Å². The zero-order valence-corrected chi connectivity index (χ0v) is 16.4. The standard InChI is InChI=1S/C17H14BrCl2NO5/c18-13-6-4-7-12(17(24)26-15(7)13)11(6)16(23)25-5-10(22)21-9-3-1-2-8(19)14(9)20/h1-3,6-7,11-13,15H,4-5H2,(H,21,22)/t6-,7-,11-,12-,13+,15+/m1/s1. The molecule has 6 atom stereocenters. The molecule has 0 radical (unpaired) electrons. The predicted molar refractivity (Wildman–Crippen MR) is 97.2 cm³/mol. The molecule has 1 aromatic rings. The summed E-state index contributed by atoms with van der Waals surface area (Å²) in [6, 6.07) is 4.83. The molecule has 1 saturated heterocycles. The van der Waals surface area contributed by atoms with E-state index in [1.54, 1.807) is 18.2 Å². The van der Waals surface area contributed by atoms with Gasteiger partial charge in [-0.15, -0.1) is 0 Å². The number of ether oxygens (including phenoxy) is 2. The first-order chi connectivity index (χ1) is 12.4. The fourth-order valence-corrected chi connectivity index (χ4v) is 5.71. The Bertz CT molecular complexity index is 803. The lowest BCUT2D eigenvalue weighted by molar-refractivity contribution is -0.157. The molecular weight excluding hydrogens is 449 g/mol. The van der Waals surface area contributed by atoms with Crippen LogP contribution in [0.1, 0.15) is 6.42 Å². The van der Waals surface area contributed by atoms with E-state index in [1.807, 2.05) is 0 Å². The second-order valence-electron chi connectivity index (χ2n) is 6.72. The van der Waals surface area contributed by atoms with Crippen LogP contribution in [0.3, 0.4) is 0 Å². The van der Waals surface area contributed by atoms with Crippen molar-refractivity contribution in [3.63, 3.8) is 0 Å². The van der Waals surface area contributed by atoms with E-state index in [0.29, 0.717) is 10.7 Å². The molecule has 0 aromatic heterocycles. The molecule has 1 amide bonds. The van der Waals surface area contributed by atoms with Crippen LogP contribution in [-0.4, -0.2) is 35.4 Å². The van der Waals surface area contributed by atoms with Gasteiger partial charge >= 0.3 is 11.9 Å². The minimum absolute atomic E-state index is 0.0145. The van der Waals surface area contributed by atoms with E-state index >= 15 is 0 Å². The van der Waals surface area contributed by atoms with Crippen molar-refractivity contribution in [3.05, 3.63) is 28.2 Å². The first-order valence-electron chi connectivity index (χ1n) is 8.13. The van der Waals surface area contributed by atoms with Crippen molar-refractivity contribution in [1.29, 1.82) is 0 Å². The summed E-state index contributed by atoms with van der Waals surface area (Å²) < 4.78 is 10.5. The van der Waals surface area contributed by atoms with Crippen molar-refractivity contribution in [2.45, 2.75) is 17.4 Å². The second-order valence-corrected chi connectivity index (χ2v) is 8.56. The lowest BCUT2D eigenvalue weighted by Gasteiger charge is -2.26. The van der Waals surface area contributed by atoms with Crippen LogP contribution in [0.25, 0.3) is 0 Å². The van der Waals surface area contributed by atoms with E-state index in [0.717, 1.165) is 6.42 Å². The summed E-state index contributed by atoms with van der Waals surface area (Å²) in [5.41, 5.74) is 0.336. The van der Waals surface area contributed by atoms with Gasteiger partial charge in [0.15, 0.2) is 6.61 Å². The zero-order valence-electron chi connectivity index (χ0n) is 13.3. The van der Waals surface area contributed by atoms with Gasteiger partial charge in [-0.3, -0.25) is 14.4 Å². The minimum atomic E-state index is -0.571. The van der Waals surface area contributed by atoms with E-state index in [1.165, 1.54) is 0 Å². The quantitative estimate of drug-likeness (QED) is 0.549. The van der Waals surface area contributed by atoms with Crippen molar-refractivity contribution < 1.29 is 23.9 Å². The predicted octanol–water partition coefficient (Wildman–Crippen LogP) is 3.05. The first-order valence-corrected chi connectivity index (χ1v) is 9.80. The van der Waals surface area contributed by atoms with Gasteiger partial charge in [-0.1, -0.05) is 45.2 Å². The largest absolute Gasteiger partial charge is 0.461 e. The molecule has 1 heterocycles. The van der Waals surface area contributed by atoms with Gasteiger partial charge in [-0.05, 0) is 24.5 Å². The summed E-state index contributed by atoms with van der Waals surface area (Å²) in [7, 11) is 0. The summed E-state index contributed by atoms with van der Waals surface area (Å²) in [4.78, 5) is 36.6. The molecule has 6 nitrogen and oxygen atoms in total. The lowest BCUT2D eigenvalue weighted by atomic mass is 9.80. The SMILES string of the molecule is O=C(COC(=O)[C@@H]1[C@H]2C[C@H]3[C@H](OC(=O)[C@H]31)[C@H]2Br)Nc1cccc(Cl)c1Cl. The van der Waals surface area contributed by atoms with E-state index in [4.69, 9.17) is 32.7 Å². The van der Waals surface area contributed by atoms with Crippen molar-refractivity contribution in [2.24, 2.45) is 23.7 Å². The number of esters is 2. The lowest BCUT2D eigenvalue weighted by Crippen LogP contribution is -2.39. The molecule has 1 aromatic carbocycles. The molecule has 2 bridgehead atoms. The van der Waals surface area contributed by atoms with Gasteiger partial charge in [0.05, 0.1) is 32.4 Å². The smallest absolute Gasteiger partial charge is 0.310 e. The molecule has 0 unspecified atom stereocenters. The third-order valence-electron chi connectivity index (χ3n) is 5.37. The van der Waals surface area contributed by atoms with Gasteiger partial charge < -0.3 is 14.8 Å². The molecule has 4 rings (SSSR count). The van der Waals surface area contributed by atoms with Crippen LogP contribution in [0.4, 0.5) is 5.69 Å². The number of alkyl halides is 1. The average molecular weight is 463 g/mol. The van der Waals surface area contributed by atoms with Gasteiger partial charge in [0, 0.05) is 5.92 Å². The number of carbonyl (C=O) groups excluding carboxylic acids is 3. The van der Waals surface area contributed by atoms with E-state index in [2.05, 4.69) is 21.2 Å². The number of carbonyl (C=O) groups is 3. The van der Waals surface area contributed by atoms with Crippen LogP contribution in [0, 0.1) is 23.7 Å². The molecule has 9 heteroatoms. The fraction of sp³-hybridized carbons (Fsp3) is 0.471. The molecule has 3 fully saturated rings. The minimum Gasteiger partial charge on any atom is -0.461 e. The van der Waals surface area contributed by atoms with Gasteiger partial charge in [-0.25, -0.2) is 0 Å². The van der Waals surface area contributed by atoms with Crippen LogP contribution in [0.2, 0.25) is 10.0 Å². The highest BCUT2D eigenvalue weighted by Crippen LogP contribution is 2.60. The van der Waals surface area contributed by atoms with Gasteiger partial charge in [0.1, 0.15) is 6.10 Å². The number of nitrogens with one attached hydrogen (secondary N) is 1. The Labute approximate surface area is 167 Å². The molecule has 26 heavy (non-hydrogen) atoms. The summed E-state index contributed by atoms with van der Waals surface area (Å²) in [6.07, 6.45) is 0.593. The van der Waals surface area contributed by atoms with Crippen molar-refractivity contribution in [3.8, 4) is 0 Å². The van der Waals surface area contributed by atoms with Gasteiger partial charge in [0.25, 0.3) is 5.91 Å². The molecule has 1 N–H and O–H groups in total. The van der Waals surface area contributed by atoms with Crippen molar-refractivity contribution >= 4 is 62.7 Å². The summed E-state index contributed by atoms with van der Waals surface area (Å²) in [5.74, 6) is -2.42. The molecule has 1 aliphatic heterocycles. The average Bonchev–Trinajstić information content (AvgIpc) is 3.21. The van der Waals surface area contributed by atoms with E-state index < -0.39 is 30.3 Å². The first kappa shape index (κ1) is 18.1. The highest BCUT2D eigenvalue weighted by atomic mass is 79.9. The molecule has 138 valence electrons. The van der Waals surface area contributed by atoms with Crippen molar-refractivity contribution in [1.82, 2.24) is 0 Å². The van der Waals surface area contributed by atoms with Gasteiger partial charge in [-0.2, -0.15) is 0 Å². The topological polar surface area (TPSA) is 81.7 Å². The highest BCUT2D eigenvalue weighted by Gasteiger charge is 2.68. The Morgan fingerprint density at radius 1 is 1.31 bits per heavy atom. The number of amides is 1. The number of halogens is 3. The second kappa shape index (κ2) is 6.69.